The number of hydrogen-bond donors (Lipinski definition) is 3. The van der Waals surface area contributed by atoms with Crippen LogP contribution >= 0.6 is 0 Å². The molecule has 1 unspecified atom stereocenters. The van der Waals surface area contributed by atoms with Gasteiger partial charge >= 0.3 is 0 Å². The lowest BCUT2D eigenvalue weighted by atomic mass is 9.96. The molecule has 30 heavy (non-hydrogen) atoms. The molecule has 156 valence electrons. The van der Waals surface area contributed by atoms with Crippen LogP contribution in [0, 0.1) is 12.8 Å². The maximum absolute atomic E-state index is 11.9. The summed E-state index contributed by atoms with van der Waals surface area (Å²) in [6, 6.07) is 11.9. The Morgan fingerprint density at radius 3 is 2.73 bits per heavy atom. The van der Waals surface area contributed by atoms with Gasteiger partial charge in [-0.2, -0.15) is 5.10 Å². The number of primary amides is 1. The quantitative estimate of drug-likeness (QED) is 0.523. The average Bonchev–Trinajstić information content (AvgIpc) is 3.20. The van der Waals surface area contributed by atoms with Crippen LogP contribution in [0.25, 0.3) is 16.6 Å². The van der Waals surface area contributed by atoms with Crippen LogP contribution in [0.15, 0.2) is 53.3 Å². The molecule has 0 aliphatic heterocycles. The molecule has 2 aromatic carbocycles. The zero-order chi connectivity index (χ0) is 21.8. The van der Waals surface area contributed by atoms with Crippen molar-refractivity contribution in [3.63, 3.8) is 0 Å². The van der Waals surface area contributed by atoms with Gasteiger partial charge in [-0.1, -0.05) is 24.3 Å². The number of ether oxygens (including phenoxy) is 1. The number of aromatic amines is 1. The van der Waals surface area contributed by atoms with Crippen LogP contribution in [-0.4, -0.2) is 28.9 Å². The predicted octanol–water partition coefficient (Wildman–Crippen LogP) is 3.28. The van der Waals surface area contributed by atoms with E-state index in [2.05, 4.69) is 10.2 Å². The molecule has 1 atom stereocenters. The molecule has 1 aromatic heterocycles. The molecule has 3 aromatic rings. The summed E-state index contributed by atoms with van der Waals surface area (Å²) < 4.78 is 5.23. The lowest BCUT2D eigenvalue weighted by molar-refractivity contribution is -0.120. The molecule has 3 rings (SSSR count). The van der Waals surface area contributed by atoms with Crippen molar-refractivity contribution >= 4 is 28.2 Å². The van der Waals surface area contributed by atoms with Crippen molar-refractivity contribution in [3.8, 4) is 0 Å². The van der Waals surface area contributed by atoms with E-state index < -0.39 is 11.8 Å². The number of nitrogens with two attached hydrogens (primary N) is 2. The summed E-state index contributed by atoms with van der Waals surface area (Å²) in [5.74, 6) is -1.17. The molecule has 0 saturated carbocycles. The lowest BCUT2D eigenvalue weighted by Gasteiger charge is -2.16. The van der Waals surface area contributed by atoms with Gasteiger partial charge in [0.05, 0.1) is 29.9 Å². The summed E-state index contributed by atoms with van der Waals surface area (Å²) in [5.41, 5.74) is 18.3. The summed E-state index contributed by atoms with van der Waals surface area (Å²) in [5, 5.41) is 8.01. The Hall–Kier alpha value is -3.45. The first-order chi connectivity index (χ1) is 14.3. The highest BCUT2D eigenvalue weighted by atomic mass is 16.5. The molecule has 0 saturated heterocycles. The Bertz CT molecular complexity index is 1140. The minimum absolute atomic E-state index is 0.326. The summed E-state index contributed by atoms with van der Waals surface area (Å²) in [4.78, 5) is 16.8. The van der Waals surface area contributed by atoms with E-state index in [0.717, 1.165) is 38.9 Å². The van der Waals surface area contributed by atoms with E-state index in [9.17, 15) is 4.79 Å². The zero-order valence-electron chi connectivity index (χ0n) is 17.7. The van der Waals surface area contributed by atoms with Crippen LogP contribution in [0.3, 0.4) is 0 Å². The second-order valence-electron chi connectivity index (χ2n) is 7.35. The number of rotatable bonds is 7. The van der Waals surface area contributed by atoms with E-state index in [4.69, 9.17) is 21.2 Å². The van der Waals surface area contributed by atoms with Gasteiger partial charge in [0.15, 0.2) is 0 Å². The number of hydrogen-bond acceptors (Lipinski definition) is 5. The van der Waals surface area contributed by atoms with Gasteiger partial charge in [-0.15, -0.1) is 0 Å². The Kier molecular flexibility index (Phi) is 6.32. The van der Waals surface area contributed by atoms with E-state index in [-0.39, 0.29) is 0 Å². The highest BCUT2D eigenvalue weighted by Crippen LogP contribution is 2.32. The van der Waals surface area contributed by atoms with E-state index in [0.29, 0.717) is 18.0 Å². The number of methoxy groups -OCH3 is 1. The number of nitrogens with zero attached hydrogens (tertiary/aromatic N) is 2. The van der Waals surface area contributed by atoms with Crippen LogP contribution in [0.2, 0.25) is 0 Å². The summed E-state index contributed by atoms with van der Waals surface area (Å²) in [7, 11) is 1.66. The Labute approximate surface area is 175 Å². The molecule has 7 heteroatoms. The first kappa shape index (κ1) is 21.3. The highest BCUT2D eigenvalue weighted by Gasteiger charge is 2.21. The third-order valence-corrected chi connectivity index (χ3v) is 5.17. The number of aliphatic imine (C=N–C) groups is 1. The van der Waals surface area contributed by atoms with Crippen LogP contribution in [-0.2, 0) is 16.1 Å². The third-order valence-electron chi connectivity index (χ3n) is 5.17. The average molecular weight is 406 g/mol. The monoisotopic (exact) mass is 405 g/mol. The fraction of sp³-hybridized carbons (Fsp3) is 0.261. The maximum atomic E-state index is 11.9. The van der Waals surface area contributed by atoms with Crippen LogP contribution in [0.4, 0.5) is 0 Å². The molecule has 7 nitrogen and oxygen atoms in total. The minimum atomic E-state index is -0.669. The molecule has 0 bridgehead atoms. The Balaban J connectivity index is 2.23. The normalized spacial score (nSPS) is 13.9. The molecule has 0 aliphatic carbocycles. The van der Waals surface area contributed by atoms with Gasteiger partial charge in [0.1, 0.15) is 0 Å². The first-order valence-corrected chi connectivity index (χ1v) is 9.69. The number of amides is 1. The number of carbonyl (C=O) groups is 1. The van der Waals surface area contributed by atoms with Crippen molar-refractivity contribution in [1.82, 2.24) is 10.2 Å². The van der Waals surface area contributed by atoms with Crippen LogP contribution < -0.4 is 11.5 Å². The standard InChI is InChI=1S/C23H27N5O2/c1-13-8-9-19-18(11-26-28-19)20(13)22(21(24)14(2)23(25)29)27-15(3)17-7-5-6-16(10-17)12-30-4/h5-11,14H,12,24H2,1-4H3,(H2,25,29)(H,26,28)/b22-21+,27-15?. The minimum Gasteiger partial charge on any atom is -0.400 e. The molecular weight excluding hydrogens is 378 g/mol. The highest BCUT2D eigenvalue weighted by molar-refractivity contribution is 6.04. The fourth-order valence-electron chi connectivity index (χ4n) is 3.35. The molecule has 1 amide bonds. The predicted molar refractivity (Wildman–Crippen MR) is 120 cm³/mol. The van der Waals surface area contributed by atoms with Crippen LogP contribution in [0.5, 0.6) is 0 Å². The number of aromatic nitrogens is 2. The largest absolute Gasteiger partial charge is 0.400 e. The van der Waals surface area contributed by atoms with E-state index >= 15 is 0 Å². The number of aryl methyl sites for hydroxylation is 1. The third kappa shape index (κ3) is 4.26. The number of benzene rings is 2. The summed E-state index contributed by atoms with van der Waals surface area (Å²) in [6.45, 7) is 6.09. The lowest BCUT2D eigenvalue weighted by Crippen LogP contribution is -2.26. The second kappa shape index (κ2) is 8.92. The van der Waals surface area contributed by atoms with E-state index in [1.54, 1.807) is 20.2 Å². The SMILES string of the molecule is COCc1cccc(C(C)=N/C(=C(/N)C(C)C(N)=O)c2c(C)ccc3[nH]ncc23)c1. The Morgan fingerprint density at radius 2 is 2.03 bits per heavy atom. The van der Waals surface area contributed by atoms with Crippen molar-refractivity contribution in [1.29, 1.82) is 0 Å². The number of fused-ring (bicyclic) bond motifs is 1. The van der Waals surface area contributed by atoms with Gasteiger partial charge in [-0.3, -0.25) is 14.9 Å². The van der Waals surface area contributed by atoms with Gasteiger partial charge < -0.3 is 16.2 Å². The van der Waals surface area contributed by atoms with Crippen molar-refractivity contribution < 1.29 is 9.53 Å². The van der Waals surface area contributed by atoms with Crippen molar-refractivity contribution in [3.05, 3.63) is 70.5 Å². The van der Waals surface area contributed by atoms with Crippen molar-refractivity contribution in [2.75, 3.05) is 7.11 Å². The molecule has 1 heterocycles. The number of nitrogens with one attached hydrogen (secondary N) is 1. The smallest absolute Gasteiger partial charge is 0.226 e. The molecular formula is C23H27N5O2. The number of H-pyrrole nitrogens is 1. The molecule has 0 fully saturated rings. The van der Waals surface area contributed by atoms with Crippen molar-refractivity contribution in [2.24, 2.45) is 22.4 Å². The fourth-order valence-corrected chi connectivity index (χ4v) is 3.35. The molecule has 0 radical (unpaired) electrons. The van der Waals surface area contributed by atoms with E-state index in [1.807, 2.05) is 50.2 Å². The molecule has 5 N–H and O–H groups in total. The summed E-state index contributed by atoms with van der Waals surface area (Å²) in [6.07, 6.45) is 1.74. The van der Waals surface area contributed by atoms with E-state index in [1.165, 1.54) is 0 Å². The number of carbonyl (C=O) groups excluding carboxylic acids is 1. The zero-order valence-corrected chi connectivity index (χ0v) is 17.7. The van der Waals surface area contributed by atoms with Gasteiger partial charge in [0.2, 0.25) is 5.91 Å². The Morgan fingerprint density at radius 1 is 1.27 bits per heavy atom. The van der Waals surface area contributed by atoms with Gasteiger partial charge in [0.25, 0.3) is 0 Å². The van der Waals surface area contributed by atoms with Gasteiger partial charge in [-0.05, 0) is 49.6 Å². The van der Waals surface area contributed by atoms with Gasteiger partial charge in [-0.25, -0.2) is 0 Å². The second-order valence-corrected chi connectivity index (χ2v) is 7.35. The molecule has 0 spiro atoms. The van der Waals surface area contributed by atoms with Gasteiger partial charge in [0, 0.05) is 29.5 Å². The van der Waals surface area contributed by atoms with Crippen molar-refractivity contribution in [2.45, 2.75) is 27.4 Å². The maximum Gasteiger partial charge on any atom is 0.226 e. The summed E-state index contributed by atoms with van der Waals surface area (Å²) >= 11 is 0. The first-order valence-electron chi connectivity index (χ1n) is 9.69. The molecule has 0 aliphatic rings. The van der Waals surface area contributed by atoms with Crippen LogP contribution in [0.1, 0.15) is 36.1 Å². The topological polar surface area (TPSA) is 119 Å².